The normalized spacial score (nSPS) is 12.1. The molecular weight excluding hydrogens is 590 g/mol. The van der Waals surface area contributed by atoms with Crippen molar-refractivity contribution >= 4 is 62.4 Å². The van der Waals surface area contributed by atoms with Crippen LogP contribution >= 0.6 is 34.7 Å². The Bertz CT molecular complexity index is 2090. The second-order valence-corrected chi connectivity index (χ2v) is 12.2. The molecule has 0 radical (unpaired) electrons. The van der Waals surface area contributed by atoms with E-state index in [-0.39, 0.29) is 33.2 Å². The maximum absolute atomic E-state index is 13.7. The number of carbonyl (C=O) groups excluding carboxylic acids is 1. The third-order valence-corrected chi connectivity index (χ3v) is 9.32. The van der Waals surface area contributed by atoms with Crippen LogP contribution in [0.3, 0.4) is 0 Å². The van der Waals surface area contributed by atoms with Gasteiger partial charge in [-0.1, -0.05) is 89.3 Å². The Morgan fingerprint density at radius 1 is 1.07 bits per heavy atom. The Morgan fingerprint density at radius 2 is 1.83 bits per heavy atom. The lowest BCUT2D eigenvalue weighted by atomic mass is 10.1. The van der Waals surface area contributed by atoms with Crippen molar-refractivity contribution in [3.8, 4) is 0 Å². The first kappa shape index (κ1) is 27.8. The summed E-state index contributed by atoms with van der Waals surface area (Å²) >= 11 is 8.95. The van der Waals surface area contributed by atoms with Gasteiger partial charge in [0, 0.05) is 17.0 Å². The van der Waals surface area contributed by atoms with E-state index < -0.39 is 5.91 Å². The number of amides is 1. The van der Waals surface area contributed by atoms with Crippen LogP contribution in [-0.2, 0) is 5.75 Å². The maximum Gasteiger partial charge on any atom is 0.267 e. The number of carbonyl (C=O) groups is 1. The van der Waals surface area contributed by atoms with E-state index >= 15 is 0 Å². The van der Waals surface area contributed by atoms with Gasteiger partial charge >= 0.3 is 0 Å². The van der Waals surface area contributed by atoms with Crippen molar-refractivity contribution in [3.05, 3.63) is 122 Å². The van der Waals surface area contributed by atoms with E-state index in [4.69, 9.17) is 22.0 Å². The highest BCUT2D eigenvalue weighted by Crippen LogP contribution is 2.30. The van der Waals surface area contributed by atoms with E-state index in [0.717, 1.165) is 16.7 Å². The minimum Gasteiger partial charge on any atom is -0.303 e. The number of thioether (sulfide) groups is 1. The van der Waals surface area contributed by atoms with E-state index in [1.165, 1.54) is 33.6 Å². The highest BCUT2D eigenvalue weighted by molar-refractivity contribution is 8.00. The number of benzene rings is 2. The van der Waals surface area contributed by atoms with Crippen LogP contribution in [0, 0.1) is 12.3 Å². The first-order chi connectivity index (χ1) is 20.3. The van der Waals surface area contributed by atoms with Crippen LogP contribution in [0.15, 0.2) is 88.1 Å². The molecule has 42 heavy (non-hydrogen) atoms. The number of halogens is 1. The summed E-state index contributed by atoms with van der Waals surface area (Å²) in [5.74, 6) is 0.0365. The Balaban J connectivity index is 1.40. The van der Waals surface area contributed by atoms with E-state index in [9.17, 15) is 9.59 Å². The SMILES string of the molecule is Cc1cccn2c(=O)c3cc(C(=O)Nc4nnc(SCc5ccccc5Cl)s4)c(=N)n(C(C)c4ccccc4)c3nc12. The quantitative estimate of drug-likeness (QED) is 0.128. The Labute approximate surface area is 253 Å². The molecular formula is C30H24ClN7O2S2. The number of nitrogens with one attached hydrogen (secondary N) is 2. The first-order valence-corrected chi connectivity index (χ1v) is 15.2. The zero-order chi connectivity index (χ0) is 29.4. The molecule has 6 aromatic rings. The van der Waals surface area contributed by atoms with Gasteiger partial charge in [0.05, 0.1) is 17.0 Å². The van der Waals surface area contributed by atoms with Crippen LogP contribution in [0.25, 0.3) is 16.7 Å². The predicted octanol–water partition coefficient (Wildman–Crippen LogP) is 6.10. The number of hydrogen-bond acceptors (Lipinski definition) is 8. The number of anilines is 1. The van der Waals surface area contributed by atoms with Gasteiger partial charge in [-0.3, -0.25) is 24.7 Å². The third kappa shape index (κ3) is 5.22. The van der Waals surface area contributed by atoms with Gasteiger partial charge in [-0.25, -0.2) is 4.98 Å². The lowest BCUT2D eigenvalue weighted by molar-refractivity contribution is 0.102. The second kappa shape index (κ2) is 11.5. The molecule has 0 bridgehead atoms. The van der Waals surface area contributed by atoms with Gasteiger partial charge in [0.25, 0.3) is 11.5 Å². The summed E-state index contributed by atoms with van der Waals surface area (Å²) in [4.78, 5) is 32.1. The first-order valence-electron chi connectivity index (χ1n) is 13.0. The van der Waals surface area contributed by atoms with Crippen molar-refractivity contribution in [2.45, 2.75) is 30.0 Å². The van der Waals surface area contributed by atoms with Crippen molar-refractivity contribution in [3.63, 3.8) is 0 Å². The summed E-state index contributed by atoms with van der Waals surface area (Å²) in [6.45, 7) is 3.80. The van der Waals surface area contributed by atoms with Crippen molar-refractivity contribution < 1.29 is 4.79 Å². The molecule has 6 rings (SSSR count). The molecule has 1 amide bonds. The smallest absolute Gasteiger partial charge is 0.267 e. The van der Waals surface area contributed by atoms with Crippen LogP contribution in [0.1, 0.15) is 40.0 Å². The third-order valence-electron chi connectivity index (χ3n) is 6.93. The van der Waals surface area contributed by atoms with Gasteiger partial charge in [0.2, 0.25) is 5.13 Å². The summed E-state index contributed by atoms with van der Waals surface area (Å²) in [5, 5.41) is 21.4. The van der Waals surface area contributed by atoms with E-state index in [0.29, 0.717) is 26.4 Å². The van der Waals surface area contributed by atoms with Gasteiger partial charge in [0.15, 0.2) is 4.34 Å². The minimum absolute atomic E-state index is 0.0252. The summed E-state index contributed by atoms with van der Waals surface area (Å²) in [6.07, 6.45) is 1.65. The molecule has 0 spiro atoms. The lowest BCUT2D eigenvalue weighted by Crippen LogP contribution is -2.34. The monoisotopic (exact) mass is 613 g/mol. The number of aromatic nitrogens is 5. The van der Waals surface area contributed by atoms with Crippen LogP contribution in [0.4, 0.5) is 5.13 Å². The van der Waals surface area contributed by atoms with Crippen LogP contribution < -0.4 is 16.4 Å². The fraction of sp³-hybridized carbons (Fsp3) is 0.133. The van der Waals surface area contributed by atoms with E-state index in [1.807, 2.05) is 74.5 Å². The Morgan fingerprint density at radius 3 is 2.62 bits per heavy atom. The van der Waals surface area contributed by atoms with E-state index in [1.54, 1.807) is 16.8 Å². The molecule has 0 aliphatic carbocycles. The average Bonchev–Trinajstić information content (AvgIpc) is 3.44. The predicted molar refractivity (Wildman–Crippen MR) is 167 cm³/mol. The van der Waals surface area contributed by atoms with Gasteiger partial charge < -0.3 is 4.57 Å². The number of pyridine rings is 2. The van der Waals surface area contributed by atoms with Crippen LogP contribution in [0.2, 0.25) is 5.02 Å². The summed E-state index contributed by atoms with van der Waals surface area (Å²) in [6, 6.07) is 21.9. The van der Waals surface area contributed by atoms with Crippen LogP contribution in [-0.4, -0.2) is 30.1 Å². The number of hydrogen-bond donors (Lipinski definition) is 2. The standard InChI is InChI=1S/C30H24ClN7O2S2/c1-17-9-8-14-37-25(17)33-26-22(28(37)40)15-21(24(32)38(26)18(2)19-10-4-3-5-11-19)27(39)34-29-35-36-30(42-29)41-16-20-12-6-7-13-23(20)31/h3-15,18,32H,16H2,1-2H3,(H,34,35,39). The Kier molecular flexibility index (Phi) is 7.63. The molecule has 9 nitrogen and oxygen atoms in total. The second-order valence-electron chi connectivity index (χ2n) is 9.61. The number of aryl methyl sites for hydroxylation is 1. The van der Waals surface area contributed by atoms with Gasteiger partial charge in [-0.2, -0.15) is 0 Å². The number of nitrogens with zero attached hydrogens (tertiary/aromatic N) is 5. The molecule has 0 aliphatic heterocycles. The molecule has 0 aliphatic rings. The molecule has 12 heteroatoms. The largest absolute Gasteiger partial charge is 0.303 e. The van der Waals surface area contributed by atoms with Crippen molar-refractivity contribution in [1.29, 1.82) is 5.41 Å². The lowest BCUT2D eigenvalue weighted by Gasteiger charge is -2.21. The highest BCUT2D eigenvalue weighted by Gasteiger charge is 2.22. The maximum atomic E-state index is 13.7. The molecule has 4 aromatic heterocycles. The zero-order valence-electron chi connectivity index (χ0n) is 22.5. The van der Waals surface area contributed by atoms with Crippen molar-refractivity contribution in [2.75, 3.05) is 5.32 Å². The van der Waals surface area contributed by atoms with Crippen molar-refractivity contribution in [2.24, 2.45) is 0 Å². The fourth-order valence-electron chi connectivity index (χ4n) is 4.73. The van der Waals surface area contributed by atoms with Gasteiger partial charge in [-0.15, -0.1) is 10.2 Å². The highest BCUT2D eigenvalue weighted by atomic mass is 35.5. The summed E-state index contributed by atoms with van der Waals surface area (Å²) in [7, 11) is 0. The number of rotatable bonds is 7. The van der Waals surface area contributed by atoms with Gasteiger partial charge in [0.1, 0.15) is 16.8 Å². The van der Waals surface area contributed by atoms with Crippen LogP contribution in [0.5, 0.6) is 0 Å². The fourth-order valence-corrected chi connectivity index (χ4v) is 6.76. The number of fused-ring (bicyclic) bond motifs is 2. The molecule has 210 valence electrons. The topological polar surface area (TPSA) is 118 Å². The molecule has 2 N–H and O–H groups in total. The molecule has 4 heterocycles. The van der Waals surface area contributed by atoms with Gasteiger partial charge in [-0.05, 0) is 48.7 Å². The molecule has 0 saturated carbocycles. The summed E-state index contributed by atoms with van der Waals surface area (Å²) < 4.78 is 3.76. The molecule has 0 fully saturated rings. The minimum atomic E-state index is -0.566. The molecule has 1 atom stereocenters. The molecule has 2 aromatic carbocycles. The van der Waals surface area contributed by atoms with E-state index in [2.05, 4.69) is 15.5 Å². The Hall–Kier alpha value is -4.32. The average molecular weight is 614 g/mol. The van der Waals surface area contributed by atoms with Crippen molar-refractivity contribution in [1.82, 2.24) is 24.1 Å². The summed E-state index contributed by atoms with van der Waals surface area (Å²) in [5.41, 5.74) is 3.17. The molecule has 0 saturated heterocycles. The zero-order valence-corrected chi connectivity index (χ0v) is 24.9. The molecule has 1 unspecified atom stereocenters.